The summed E-state index contributed by atoms with van der Waals surface area (Å²) in [6.07, 6.45) is 0. The first-order valence-electron chi connectivity index (χ1n) is 6.86. The number of nitrogens with one attached hydrogen (secondary N) is 2. The van der Waals surface area contributed by atoms with Crippen LogP contribution >= 0.6 is 0 Å². The number of methoxy groups -OCH3 is 1. The van der Waals surface area contributed by atoms with Gasteiger partial charge >= 0.3 is 6.03 Å². The normalized spacial score (nSPS) is 11.6. The Balaban J connectivity index is 1.96. The molecule has 0 bridgehead atoms. The third-order valence-electron chi connectivity index (χ3n) is 3.25. The van der Waals surface area contributed by atoms with Crippen LogP contribution in [0.2, 0.25) is 0 Å². The number of ether oxygens (including phenoxy) is 1. The Morgan fingerprint density at radius 1 is 1.14 bits per heavy atom. The number of carbonyl (C=O) groups is 1. The molecule has 0 saturated carbocycles. The number of rotatable bonds is 4. The van der Waals surface area contributed by atoms with Crippen molar-refractivity contribution in [3.63, 3.8) is 0 Å². The molecule has 2 amide bonds. The number of benzene rings is 2. The molecule has 1 atom stereocenters. The van der Waals surface area contributed by atoms with Crippen LogP contribution in [0.15, 0.2) is 48.5 Å². The van der Waals surface area contributed by atoms with Crippen LogP contribution in [0.5, 0.6) is 5.75 Å². The summed E-state index contributed by atoms with van der Waals surface area (Å²) in [4.78, 5) is 12.0. The lowest BCUT2D eigenvalue weighted by Gasteiger charge is -2.15. The van der Waals surface area contributed by atoms with E-state index < -0.39 is 0 Å². The number of carbonyl (C=O) groups excluding carboxylic acids is 1. The van der Waals surface area contributed by atoms with Crippen molar-refractivity contribution in [3.8, 4) is 5.75 Å². The van der Waals surface area contributed by atoms with Crippen molar-refractivity contribution in [3.05, 3.63) is 59.7 Å². The number of hydrogen-bond donors (Lipinski definition) is 2. The smallest absolute Gasteiger partial charge is 0.319 e. The van der Waals surface area contributed by atoms with Crippen molar-refractivity contribution in [1.82, 2.24) is 5.32 Å². The van der Waals surface area contributed by atoms with Crippen LogP contribution in [0, 0.1) is 6.92 Å². The van der Waals surface area contributed by atoms with Crippen LogP contribution in [0.1, 0.15) is 24.1 Å². The fraction of sp³-hybridized carbons (Fsp3) is 0.235. The third kappa shape index (κ3) is 4.24. The zero-order valence-corrected chi connectivity index (χ0v) is 12.5. The van der Waals surface area contributed by atoms with Gasteiger partial charge in [0, 0.05) is 11.8 Å². The lowest BCUT2D eigenvalue weighted by molar-refractivity contribution is 0.249. The molecule has 0 fully saturated rings. The standard InChI is InChI=1S/C17H20N2O2/c1-12-7-9-14(10-8-12)13(2)18-17(20)19-15-5-4-6-16(11-15)21-3/h4-11,13H,1-3H3,(H2,18,19,20)/t13-/m0/s1. The fourth-order valence-corrected chi connectivity index (χ4v) is 2.00. The summed E-state index contributed by atoms with van der Waals surface area (Å²) in [5.74, 6) is 0.708. The molecule has 2 rings (SSSR count). The predicted octanol–water partition coefficient (Wildman–Crippen LogP) is 3.89. The molecule has 0 spiro atoms. The maximum atomic E-state index is 12.0. The lowest BCUT2D eigenvalue weighted by Crippen LogP contribution is -2.31. The van der Waals surface area contributed by atoms with Gasteiger partial charge in [0.25, 0.3) is 0 Å². The van der Waals surface area contributed by atoms with Gasteiger partial charge in [-0.2, -0.15) is 0 Å². The molecule has 110 valence electrons. The van der Waals surface area contributed by atoms with Crippen LogP contribution in [0.25, 0.3) is 0 Å². The highest BCUT2D eigenvalue weighted by Gasteiger charge is 2.09. The van der Waals surface area contributed by atoms with Gasteiger partial charge < -0.3 is 15.4 Å². The Labute approximate surface area is 125 Å². The average molecular weight is 284 g/mol. The Hall–Kier alpha value is -2.49. The molecule has 0 saturated heterocycles. The molecule has 0 aliphatic carbocycles. The molecule has 0 radical (unpaired) electrons. The van der Waals surface area contributed by atoms with E-state index in [1.807, 2.05) is 56.3 Å². The molecule has 0 unspecified atom stereocenters. The largest absolute Gasteiger partial charge is 0.497 e. The van der Waals surface area contributed by atoms with Crippen molar-refractivity contribution in [1.29, 1.82) is 0 Å². The van der Waals surface area contributed by atoms with Crippen LogP contribution in [0.4, 0.5) is 10.5 Å². The molecular formula is C17H20N2O2. The van der Waals surface area contributed by atoms with Gasteiger partial charge in [0.1, 0.15) is 5.75 Å². The van der Waals surface area contributed by atoms with E-state index in [-0.39, 0.29) is 12.1 Å². The Kier molecular flexibility index (Phi) is 4.82. The number of anilines is 1. The van der Waals surface area contributed by atoms with Gasteiger partial charge in [-0.3, -0.25) is 0 Å². The van der Waals surface area contributed by atoms with Crippen molar-refractivity contribution in [2.75, 3.05) is 12.4 Å². The van der Waals surface area contributed by atoms with Crippen molar-refractivity contribution < 1.29 is 9.53 Å². The van der Waals surface area contributed by atoms with Crippen LogP contribution in [0.3, 0.4) is 0 Å². The summed E-state index contributed by atoms with van der Waals surface area (Å²) >= 11 is 0. The molecule has 0 aliphatic heterocycles. The Morgan fingerprint density at radius 3 is 2.52 bits per heavy atom. The van der Waals surface area contributed by atoms with Gasteiger partial charge in [-0.15, -0.1) is 0 Å². The van der Waals surface area contributed by atoms with Gasteiger partial charge in [0.05, 0.1) is 13.2 Å². The molecule has 0 aliphatic rings. The summed E-state index contributed by atoms with van der Waals surface area (Å²) in [7, 11) is 1.60. The van der Waals surface area contributed by atoms with Crippen LogP contribution < -0.4 is 15.4 Å². The third-order valence-corrected chi connectivity index (χ3v) is 3.25. The van der Waals surface area contributed by atoms with E-state index in [0.717, 1.165) is 5.56 Å². The minimum absolute atomic E-state index is 0.0591. The number of aryl methyl sites for hydroxylation is 1. The van der Waals surface area contributed by atoms with Crippen LogP contribution in [-0.4, -0.2) is 13.1 Å². The first kappa shape index (κ1) is 14.9. The quantitative estimate of drug-likeness (QED) is 0.895. The Bertz CT molecular complexity index is 608. The molecule has 2 aromatic rings. The fourth-order valence-electron chi connectivity index (χ4n) is 2.00. The van der Waals surface area contributed by atoms with Crippen molar-refractivity contribution in [2.45, 2.75) is 19.9 Å². The topological polar surface area (TPSA) is 50.4 Å². The highest BCUT2D eigenvalue weighted by atomic mass is 16.5. The zero-order chi connectivity index (χ0) is 15.2. The van der Waals surface area contributed by atoms with E-state index in [1.54, 1.807) is 13.2 Å². The molecule has 4 heteroatoms. The number of urea groups is 1. The maximum Gasteiger partial charge on any atom is 0.319 e. The summed E-state index contributed by atoms with van der Waals surface area (Å²) in [5.41, 5.74) is 2.97. The molecule has 21 heavy (non-hydrogen) atoms. The summed E-state index contributed by atoms with van der Waals surface area (Å²) in [5, 5.41) is 5.71. The highest BCUT2D eigenvalue weighted by molar-refractivity contribution is 5.89. The highest BCUT2D eigenvalue weighted by Crippen LogP contribution is 2.17. The molecule has 0 aromatic heterocycles. The summed E-state index contributed by atoms with van der Waals surface area (Å²) < 4.78 is 5.13. The first-order valence-corrected chi connectivity index (χ1v) is 6.86. The number of hydrogen-bond acceptors (Lipinski definition) is 2. The monoisotopic (exact) mass is 284 g/mol. The second-order valence-electron chi connectivity index (χ2n) is 4.96. The Morgan fingerprint density at radius 2 is 1.86 bits per heavy atom. The number of amides is 2. The minimum Gasteiger partial charge on any atom is -0.497 e. The van der Waals surface area contributed by atoms with Gasteiger partial charge in [0.15, 0.2) is 0 Å². The van der Waals surface area contributed by atoms with Gasteiger partial charge in [-0.05, 0) is 31.5 Å². The molecule has 0 heterocycles. The molecule has 2 aromatic carbocycles. The van der Waals surface area contributed by atoms with E-state index >= 15 is 0 Å². The minimum atomic E-state index is -0.240. The predicted molar refractivity (Wildman–Crippen MR) is 84.7 cm³/mol. The van der Waals surface area contributed by atoms with Gasteiger partial charge in [-0.25, -0.2) is 4.79 Å². The zero-order valence-electron chi connectivity index (χ0n) is 12.5. The summed E-state index contributed by atoms with van der Waals surface area (Å²) in [6, 6.07) is 15.1. The first-order chi connectivity index (χ1) is 10.1. The van der Waals surface area contributed by atoms with E-state index in [1.165, 1.54) is 5.56 Å². The van der Waals surface area contributed by atoms with E-state index in [0.29, 0.717) is 11.4 Å². The van der Waals surface area contributed by atoms with Crippen LogP contribution in [-0.2, 0) is 0 Å². The SMILES string of the molecule is COc1cccc(NC(=O)N[C@@H](C)c2ccc(C)cc2)c1. The molecule has 4 nitrogen and oxygen atoms in total. The second kappa shape index (κ2) is 6.79. The maximum absolute atomic E-state index is 12.0. The molecule has 2 N–H and O–H groups in total. The summed E-state index contributed by atoms with van der Waals surface area (Å²) in [6.45, 7) is 3.99. The van der Waals surface area contributed by atoms with Gasteiger partial charge in [-0.1, -0.05) is 35.9 Å². The second-order valence-corrected chi connectivity index (χ2v) is 4.96. The van der Waals surface area contributed by atoms with Gasteiger partial charge in [0.2, 0.25) is 0 Å². The average Bonchev–Trinajstić information content (AvgIpc) is 2.47. The van der Waals surface area contributed by atoms with E-state index in [2.05, 4.69) is 10.6 Å². The lowest BCUT2D eigenvalue weighted by atomic mass is 10.1. The van der Waals surface area contributed by atoms with E-state index in [9.17, 15) is 4.79 Å². The molecular weight excluding hydrogens is 264 g/mol. The van der Waals surface area contributed by atoms with Crippen molar-refractivity contribution in [2.24, 2.45) is 0 Å². The van der Waals surface area contributed by atoms with E-state index in [4.69, 9.17) is 4.74 Å². The van der Waals surface area contributed by atoms with Crippen molar-refractivity contribution >= 4 is 11.7 Å².